The monoisotopic (exact) mass is 431 g/mol. The van der Waals surface area contributed by atoms with Gasteiger partial charge in [-0.2, -0.15) is 18.3 Å². The predicted octanol–water partition coefficient (Wildman–Crippen LogP) is 4.58. The Morgan fingerprint density at radius 3 is 2.45 bits per heavy atom. The minimum absolute atomic E-state index is 0.0156. The Kier molecular flexibility index (Phi) is 5.75. The molecule has 1 saturated heterocycles. The second kappa shape index (κ2) is 7.81. The summed E-state index contributed by atoms with van der Waals surface area (Å²) in [4.78, 5) is 20.9. The first-order chi connectivity index (χ1) is 13.4. The molecule has 1 fully saturated rings. The van der Waals surface area contributed by atoms with E-state index in [2.05, 4.69) is 15.1 Å². The van der Waals surface area contributed by atoms with Crippen molar-refractivity contribution in [2.24, 2.45) is 0 Å². The van der Waals surface area contributed by atoms with Gasteiger partial charge in [-0.05, 0) is 51.3 Å². The molecule has 0 saturated carbocycles. The van der Waals surface area contributed by atoms with Crippen molar-refractivity contribution < 1.29 is 22.7 Å². The average molecular weight is 432 g/mol. The van der Waals surface area contributed by atoms with Crippen LogP contribution in [-0.4, -0.2) is 49.4 Å². The van der Waals surface area contributed by atoms with E-state index < -0.39 is 22.8 Å². The van der Waals surface area contributed by atoms with E-state index in [1.54, 1.807) is 15.8 Å². The smallest absolute Gasteiger partial charge is 0.433 e. The standard InChI is InChI=1S/C18H21ClF3N5O2/c1-17(2,3)29-16(28)26-6-4-12(5-7-26)27-10-11(9-23-27)13-8-14(18(20,21)22)25-15(19)24-13/h8-10,12H,4-7H2,1-3H3. The zero-order valence-corrected chi connectivity index (χ0v) is 17.0. The molecule has 0 aromatic carbocycles. The molecule has 11 heteroatoms. The lowest BCUT2D eigenvalue weighted by molar-refractivity contribution is -0.141. The van der Waals surface area contributed by atoms with Crippen LogP contribution in [0.25, 0.3) is 11.3 Å². The summed E-state index contributed by atoms with van der Waals surface area (Å²) in [6.45, 7) is 6.45. The maximum Gasteiger partial charge on any atom is 0.433 e. The number of ether oxygens (including phenoxy) is 1. The van der Waals surface area contributed by atoms with Gasteiger partial charge in [0.15, 0.2) is 0 Å². The number of amides is 1. The highest BCUT2D eigenvalue weighted by Gasteiger charge is 2.34. The third kappa shape index (κ3) is 5.37. The van der Waals surface area contributed by atoms with Crippen LogP contribution in [0.1, 0.15) is 45.3 Å². The van der Waals surface area contributed by atoms with Crippen molar-refractivity contribution in [2.75, 3.05) is 13.1 Å². The highest BCUT2D eigenvalue weighted by molar-refractivity contribution is 6.28. The second-order valence-corrected chi connectivity index (χ2v) is 8.15. The molecule has 0 N–H and O–H groups in total. The topological polar surface area (TPSA) is 73.1 Å². The zero-order chi connectivity index (χ0) is 21.4. The second-order valence-electron chi connectivity index (χ2n) is 7.81. The Morgan fingerprint density at radius 2 is 1.86 bits per heavy atom. The molecule has 3 rings (SSSR count). The van der Waals surface area contributed by atoms with E-state index in [4.69, 9.17) is 16.3 Å². The Labute approximate surface area is 170 Å². The number of hydrogen-bond acceptors (Lipinski definition) is 5. The molecule has 7 nitrogen and oxygen atoms in total. The summed E-state index contributed by atoms with van der Waals surface area (Å²) in [5.41, 5.74) is -1.20. The van der Waals surface area contributed by atoms with Crippen LogP contribution in [0, 0.1) is 0 Å². The lowest BCUT2D eigenvalue weighted by Crippen LogP contribution is -2.42. The van der Waals surface area contributed by atoms with Crippen LogP contribution in [0.15, 0.2) is 18.5 Å². The summed E-state index contributed by atoms with van der Waals surface area (Å²) in [6, 6.07) is 0.861. The molecule has 0 atom stereocenters. The Bertz CT molecular complexity index is 886. The molecular weight excluding hydrogens is 411 g/mol. The molecule has 1 amide bonds. The van der Waals surface area contributed by atoms with Crippen LogP contribution >= 0.6 is 11.6 Å². The third-order valence-electron chi connectivity index (χ3n) is 4.38. The van der Waals surface area contributed by atoms with Crippen molar-refractivity contribution in [1.29, 1.82) is 0 Å². The van der Waals surface area contributed by atoms with Gasteiger partial charge < -0.3 is 9.64 Å². The van der Waals surface area contributed by atoms with Crippen molar-refractivity contribution in [3.8, 4) is 11.3 Å². The van der Waals surface area contributed by atoms with Gasteiger partial charge in [0, 0.05) is 24.8 Å². The number of alkyl halides is 3. The fourth-order valence-corrected chi connectivity index (χ4v) is 3.20. The minimum atomic E-state index is -4.62. The van der Waals surface area contributed by atoms with E-state index in [-0.39, 0.29) is 17.8 Å². The Balaban J connectivity index is 1.69. The van der Waals surface area contributed by atoms with Crippen LogP contribution in [0.5, 0.6) is 0 Å². The number of piperidine rings is 1. The van der Waals surface area contributed by atoms with Crippen LogP contribution in [0.4, 0.5) is 18.0 Å². The summed E-state index contributed by atoms with van der Waals surface area (Å²) in [5, 5.41) is 3.79. The van der Waals surface area contributed by atoms with Gasteiger partial charge in [-0.1, -0.05) is 0 Å². The quantitative estimate of drug-likeness (QED) is 0.650. The van der Waals surface area contributed by atoms with E-state index >= 15 is 0 Å². The maximum atomic E-state index is 13.0. The number of nitrogens with zero attached hydrogens (tertiary/aromatic N) is 5. The minimum Gasteiger partial charge on any atom is -0.444 e. The number of rotatable bonds is 2. The maximum absolute atomic E-state index is 13.0. The summed E-state index contributed by atoms with van der Waals surface area (Å²) in [6.07, 6.45) is -0.595. The molecule has 158 valence electrons. The van der Waals surface area contributed by atoms with Gasteiger partial charge in [0.05, 0.1) is 17.9 Å². The molecule has 29 heavy (non-hydrogen) atoms. The van der Waals surface area contributed by atoms with Crippen molar-refractivity contribution in [2.45, 2.75) is 51.4 Å². The molecular formula is C18H21ClF3N5O2. The normalized spacial score (nSPS) is 16.2. The number of carbonyl (C=O) groups is 1. The van der Waals surface area contributed by atoms with E-state index in [0.29, 0.717) is 31.5 Å². The van der Waals surface area contributed by atoms with Crippen molar-refractivity contribution >= 4 is 17.7 Å². The molecule has 2 aromatic heterocycles. The predicted molar refractivity (Wildman–Crippen MR) is 99.3 cm³/mol. The molecule has 2 aromatic rings. The molecule has 0 spiro atoms. The van der Waals surface area contributed by atoms with Crippen LogP contribution in [0.2, 0.25) is 5.28 Å². The van der Waals surface area contributed by atoms with E-state index in [0.717, 1.165) is 6.07 Å². The number of halogens is 4. The highest BCUT2D eigenvalue weighted by atomic mass is 35.5. The molecule has 0 bridgehead atoms. The largest absolute Gasteiger partial charge is 0.444 e. The summed E-state index contributed by atoms with van der Waals surface area (Å²) >= 11 is 5.65. The van der Waals surface area contributed by atoms with Gasteiger partial charge in [-0.25, -0.2) is 14.8 Å². The molecule has 0 aliphatic carbocycles. The van der Waals surface area contributed by atoms with Gasteiger partial charge in [-0.15, -0.1) is 0 Å². The lowest BCUT2D eigenvalue weighted by Gasteiger charge is -2.33. The van der Waals surface area contributed by atoms with E-state index in [1.807, 2.05) is 20.8 Å². The molecule has 3 heterocycles. The molecule has 0 radical (unpaired) electrons. The van der Waals surface area contributed by atoms with Crippen molar-refractivity contribution in [1.82, 2.24) is 24.6 Å². The van der Waals surface area contributed by atoms with Crippen molar-refractivity contribution in [3.05, 3.63) is 29.4 Å². The summed E-state index contributed by atoms with van der Waals surface area (Å²) in [7, 11) is 0. The van der Waals surface area contributed by atoms with Crippen molar-refractivity contribution in [3.63, 3.8) is 0 Å². The van der Waals surface area contributed by atoms with E-state index in [1.165, 1.54) is 6.20 Å². The molecule has 1 aliphatic heterocycles. The fourth-order valence-electron chi connectivity index (χ4n) is 3.02. The summed E-state index contributed by atoms with van der Waals surface area (Å²) in [5.74, 6) is 0. The van der Waals surface area contributed by atoms with Crippen LogP contribution in [0.3, 0.4) is 0 Å². The molecule has 0 unspecified atom stereocenters. The Morgan fingerprint density at radius 1 is 1.21 bits per heavy atom. The van der Waals surface area contributed by atoms with Gasteiger partial charge in [-0.3, -0.25) is 4.68 Å². The van der Waals surface area contributed by atoms with E-state index in [9.17, 15) is 18.0 Å². The first kappa shape index (κ1) is 21.4. The fraction of sp³-hybridized carbons (Fsp3) is 0.556. The number of aromatic nitrogens is 4. The average Bonchev–Trinajstić information content (AvgIpc) is 3.09. The van der Waals surface area contributed by atoms with Gasteiger partial charge >= 0.3 is 12.3 Å². The number of hydrogen-bond donors (Lipinski definition) is 0. The number of likely N-dealkylation sites (tertiary alicyclic amines) is 1. The van der Waals surface area contributed by atoms with Crippen LogP contribution in [-0.2, 0) is 10.9 Å². The first-order valence-corrected chi connectivity index (χ1v) is 9.44. The molecule has 1 aliphatic rings. The van der Waals surface area contributed by atoms with Gasteiger partial charge in [0.1, 0.15) is 11.3 Å². The highest BCUT2D eigenvalue weighted by Crippen LogP contribution is 2.32. The summed E-state index contributed by atoms with van der Waals surface area (Å²) < 4.78 is 45.9. The lowest BCUT2D eigenvalue weighted by atomic mass is 10.1. The number of carbonyl (C=O) groups excluding carboxylic acids is 1. The Hall–Kier alpha value is -2.36. The zero-order valence-electron chi connectivity index (χ0n) is 16.2. The SMILES string of the molecule is CC(C)(C)OC(=O)N1CCC(n2cc(-c3cc(C(F)(F)F)nc(Cl)n3)cn2)CC1. The van der Waals surface area contributed by atoms with Gasteiger partial charge in [0.25, 0.3) is 0 Å². The first-order valence-electron chi connectivity index (χ1n) is 9.06. The van der Waals surface area contributed by atoms with Gasteiger partial charge in [0.2, 0.25) is 5.28 Å². The third-order valence-corrected chi connectivity index (χ3v) is 4.55. The van der Waals surface area contributed by atoms with Crippen LogP contribution < -0.4 is 0 Å².